The topological polar surface area (TPSA) is 39.7 Å². The van der Waals surface area contributed by atoms with Crippen LogP contribution in [0.2, 0.25) is 0 Å². The van der Waals surface area contributed by atoms with Crippen molar-refractivity contribution >= 4 is 29.9 Å². The van der Waals surface area contributed by atoms with Crippen LogP contribution in [0.3, 0.4) is 0 Å². The number of aliphatic imine (C=N–C) groups is 1. The summed E-state index contributed by atoms with van der Waals surface area (Å²) < 4.78 is 0. The van der Waals surface area contributed by atoms with Gasteiger partial charge in [0.2, 0.25) is 0 Å². The lowest BCUT2D eigenvalue weighted by Gasteiger charge is -2.33. The second-order valence-corrected chi connectivity index (χ2v) is 7.55. The molecule has 0 aromatic carbocycles. The lowest BCUT2D eigenvalue weighted by Crippen LogP contribution is -2.49. The van der Waals surface area contributed by atoms with Crippen molar-refractivity contribution in [1.29, 1.82) is 0 Å². The number of nitrogens with zero attached hydrogens (tertiary/aromatic N) is 2. The van der Waals surface area contributed by atoms with Crippen molar-refractivity contribution in [3.05, 3.63) is 0 Å². The number of likely N-dealkylation sites (tertiary alicyclic amines) is 1. The van der Waals surface area contributed by atoms with Crippen LogP contribution < -0.4 is 10.6 Å². The highest BCUT2D eigenvalue weighted by Gasteiger charge is 2.41. The fraction of sp³-hybridized carbons (Fsp3) is 0.944. The summed E-state index contributed by atoms with van der Waals surface area (Å²) in [6.45, 7) is 7.12. The number of hydrogen-bond donors (Lipinski definition) is 2. The van der Waals surface area contributed by atoms with Gasteiger partial charge in [0.1, 0.15) is 0 Å². The summed E-state index contributed by atoms with van der Waals surface area (Å²) >= 11 is 0. The summed E-state index contributed by atoms with van der Waals surface area (Å²) in [7, 11) is 1.91. The maximum absolute atomic E-state index is 4.45. The zero-order chi connectivity index (χ0) is 15.4. The van der Waals surface area contributed by atoms with E-state index in [9.17, 15) is 0 Å². The van der Waals surface area contributed by atoms with Crippen LogP contribution in [-0.2, 0) is 0 Å². The third-order valence-corrected chi connectivity index (χ3v) is 5.65. The first-order valence-electron chi connectivity index (χ1n) is 9.49. The monoisotopic (exact) mass is 434 g/mol. The standard InChI is InChI=1S/C18H34N4.HI/c1-3-10-22-11-8-16(9-12-22)21-18(19-2)20-13-17(14-4-5-14)15-6-7-15;/h14-17H,3-13H2,1-2H3,(H2,19,20,21);1H. The van der Waals surface area contributed by atoms with Crippen LogP contribution in [0.15, 0.2) is 4.99 Å². The molecule has 2 saturated carbocycles. The second kappa shape index (κ2) is 9.44. The molecule has 1 heterocycles. The minimum Gasteiger partial charge on any atom is -0.356 e. The average molecular weight is 434 g/mol. The highest BCUT2D eigenvalue weighted by Crippen LogP contribution is 2.48. The Bertz CT molecular complexity index is 359. The molecule has 5 heteroatoms. The number of rotatable bonds is 7. The van der Waals surface area contributed by atoms with E-state index in [1.54, 1.807) is 0 Å². The molecule has 0 aromatic heterocycles. The molecule has 0 spiro atoms. The summed E-state index contributed by atoms with van der Waals surface area (Å²) in [4.78, 5) is 7.04. The molecular weight excluding hydrogens is 399 g/mol. The lowest BCUT2D eigenvalue weighted by atomic mass is 9.98. The van der Waals surface area contributed by atoms with E-state index in [1.165, 1.54) is 64.6 Å². The molecule has 0 amide bonds. The largest absolute Gasteiger partial charge is 0.356 e. The molecule has 2 N–H and O–H groups in total. The van der Waals surface area contributed by atoms with E-state index >= 15 is 0 Å². The van der Waals surface area contributed by atoms with E-state index in [-0.39, 0.29) is 24.0 Å². The minimum absolute atomic E-state index is 0. The quantitative estimate of drug-likeness (QED) is 0.368. The van der Waals surface area contributed by atoms with Gasteiger partial charge in [-0.05, 0) is 69.2 Å². The molecule has 3 aliphatic rings. The van der Waals surface area contributed by atoms with E-state index in [1.807, 2.05) is 7.05 Å². The Morgan fingerprint density at radius 2 is 1.70 bits per heavy atom. The molecule has 0 aromatic rings. The summed E-state index contributed by atoms with van der Waals surface area (Å²) in [5, 5.41) is 7.28. The van der Waals surface area contributed by atoms with Crippen LogP contribution in [0.4, 0.5) is 0 Å². The molecule has 3 fully saturated rings. The fourth-order valence-electron chi connectivity index (χ4n) is 3.99. The molecule has 1 aliphatic heterocycles. The first-order valence-corrected chi connectivity index (χ1v) is 9.49. The van der Waals surface area contributed by atoms with Crippen LogP contribution in [-0.4, -0.2) is 50.1 Å². The van der Waals surface area contributed by atoms with Gasteiger partial charge in [-0.2, -0.15) is 0 Å². The zero-order valence-corrected chi connectivity index (χ0v) is 17.2. The zero-order valence-electron chi connectivity index (χ0n) is 14.9. The van der Waals surface area contributed by atoms with Gasteiger partial charge in [0.15, 0.2) is 5.96 Å². The molecule has 2 aliphatic carbocycles. The minimum atomic E-state index is 0. The van der Waals surface area contributed by atoms with Crippen LogP contribution in [0.5, 0.6) is 0 Å². The maximum Gasteiger partial charge on any atom is 0.191 e. The summed E-state index contributed by atoms with van der Waals surface area (Å²) in [6.07, 6.45) is 9.61. The predicted molar refractivity (Wildman–Crippen MR) is 109 cm³/mol. The van der Waals surface area contributed by atoms with Crippen molar-refractivity contribution in [2.24, 2.45) is 22.7 Å². The van der Waals surface area contributed by atoms with Gasteiger partial charge in [-0.25, -0.2) is 0 Å². The van der Waals surface area contributed by atoms with Crippen LogP contribution in [0.25, 0.3) is 0 Å². The highest BCUT2D eigenvalue weighted by molar-refractivity contribution is 14.0. The molecule has 0 atom stereocenters. The Labute approximate surface area is 159 Å². The molecule has 134 valence electrons. The van der Waals surface area contributed by atoms with Crippen molar-refractivity contribution in [2.75, 3.05) is 33.2 Å². The SMILES string of the molecule is CCCN1CCC(NC(=NC)NCC(C2CC2)C2CC2)CC1.I. The molecule has 23 heavy (non-hydrogen) atoms. The normalized spacial score (nSPS) is 23.7. The van der Waals surface area contributed by atoms with Crippen molar-refractivity contribution in [1.82, 2.24) is 15.5 Å². The van der Waals surface area contributed by atoms with Gasteiger partial charge in [0.05, 0.1) is 0 Å². The first kappa shape index (κ1) is 19.3. The van der Waals surface area contributed by atoms with Crippen LogP contribution in [0, 0.1) is 17.8 Å². The van der Waals surface area contributed by atoms with Gasteiger partial charge >= 0.3 is 0 Å². The van der Waals surface area contributed by atoms with E-state index in [0.717, 1.165) is 30.3 Å². The van der Waals surface area contributed by atoms with Crippen molar-refractivity contribution in [3.63, 3.8) is 0 Å². The Morgan fingerprint density at radius 3 is 2.17 bits per heavy atom. The first-order chi connectivity index (χ1) is 10.8. The molecule has 1 saturated heterocycles. The Balaban J connectivity index is 0.00000192. The van der Waals surface area contributed by atoms with Gasteiger partial charge in [-0.15, -0.1) is 24.0 Å². The number of halogens is 1. The van der Waals surface area contributed by atoms with Crippen molar-refractivity contribution < 1.29 is 0 Å². The molecule has 3 rings (SSSR count). The van der Waals surface area contributed by atoms with E-state index in [2.05, 4.69) is 27.4 Å². The second-order valence-electron chi connectivity index (χ2n) is 7.55. The number of hydrogen-bond acceptors (Lipinski definition) is 2. The van der Waals surface area contributed by atoms with Crippen LogP contribution >= 0.6 is 24.0 Å². The molecule has 0 radical (unpaired) electrons. The van der Waals surface area contributed by atoms with E-state index in [4.69, 9.17) is 0 Å². The molecular formula is C18H35IN4. The fourth-order valence-corrected chi connectivity index (χ4v) is 3.99. The lowest BCUT2D eigenvalue weighted by molar-refractivity contribution is 0.206. The third-order valence-electron chi connectivity index (χ3n) is 5.65. The highest BCUT2D eigenvalue weighted by atomic mass is 127. The van der Waals surface area contributed by atoms with Gasteiger partial charge in [-0.3, -0.25) is 4.99 Å². The average Bonchev–Trinajstić information content (AvgIpc) is 3.42. The molecule has 4 nitrogen and oxygen atoms in total. The molecule has 0 bridgehead atoms. The van der Waals surface area contributed by atoms with Crippen molar-refractivity contribution in [2.45, 2.75) is 57.9 Å². The van der Waals surface area contributed by atoms with Crippen molar-refractivity contribution in [3.8, 4) is 0 Å². The van der Waals surface area contributed by atoms with Gasteiger partial charge in [0.25, 0.3) is 0 Å². The van der Waals surface area contributed by atoms with Gasteiger partial charge in [-0.1, -0.05) is 6.92 Å². The van der Waals surface area contributed by atoms with Gasteiger partial charge in [0, 0.05) is 32.7 Å². The third kappa shape index (κ3) is 6.07. The summed E-state index contributed by atoms with van der Waals surface area (Å²) in [5.41, 5.74) is 0. The molecule has 0 unspecified atom stereocenters. The number of guanidine groups is 1. The summed E-state index contributed by atoms with van der Waals surface area (Å²) in [5.74, 6) is 3.95. The Morgan fingerprint density at radius 1 is 1.09 bits per heavy atom. The van der Waals surface area contributed by atoms with E-state index in [0.29, 0.717) is 6.04 Å². The number of piperidine rings is 1. The Kier molecular flexibility index (Phi) is 7.92. The maximum atomic E-state index is 4.45. The smallest absolute Gasteiger partial charge is 0.191 e. The number of nitrogens with one attached hydrogen (secondary N) is 2. The van der Waals surface area contributed by atoms with E-state index < -0.39 is 0 Å². The Hall–Kier alpha value is -0.0400. The van der Waals surface area contributed by atoms with Gasteiger partial charge < -0.3 is 15.5 Å². The predicted octanol–water partition coefficient (Wildman–Crippen LogP) is 3.08. The van der Waals surface area contributed by atoms with Crippen LogP contribution in [0.1, 0.15) is 51.9 Å². The summed E-state index contributed by atoms with van der Waals surface area (Å²) in [6, 6.07) is 0.597.